The van der Waals surface area contributed by atoms with Crippen molar-refractivity contribution in [1.29, 1.82) is 0 Å². The summed E-state index contributed by atoms with van der Waals surface area (Å²) in [6.07, 6.45) is 0.670. The van der Waals surface area contributed by atoms with Gasteiger partial charge in [0.15, 0.2) is 0 Å². The molecule has 4 rings (SSSR count). The fourth-order valence-corrected chi connectivity index (χ4v) is 4.91. The van der Waals surface area contributed by atoms with Crippen LogP contribution in [0, 0.1) is 0 Å². The number of hydrogen-bond acceptors (Lipinski definition) is 4. The molecule has 28 heavy (non-hydrogen) atoms. The van der Waals surface area contributed by atoms with Crippen molar-refractivity contribution >= 4 is 28.6 Å². The molecule has 0 saturated heterocycles. The predicted molar refractivity (Wildman–Crippen MR) is 113 cm³/mol. The van der Waals surface area contributed by atoms with Gasteiger partial charge in [0, 0.05) is 28.6 Å². The molecule has 0 bridgehead atoms. The van der Waals surface area contributed by atoms with Gasteiger partial charge in [-0.15, -0.1) is 11.8 Å². The van der Waals surface area contributed by atoms with Gasteiger partial charge in [0.1, 0.15) is 17.2 Å². The first kappa shape index (κ1) is 18.7. The third kappa shape index (κ3) is 3.44. The first-order chi connectivity index (χ1) is 13.6. The maximum atomic E-state index is 12.9. The lowest BCUT2D eigenvalue weighted by atomic mass is 10.1. The van der Waals surface area contributed by atoms with Gasteiger partial charge >= 0.3 is 0 Å². The lowest BCUT2D eigenvalue weighted by molar-refractivity contribution is 0.0945. The number of para-hydroxylation sites is 1. The average Bonchev–Trinajstić information content (AvgIpc) is 3.07. The summed E-state index contributed by atoms with van der Waals surface area (Å²) >= 11 is 1.87. The Labute approximate surface area is 169 Å². The third-order valence-corrected chi connectivity index (χ3v) is 6.19. The molecule has 2 heterocycles. The normalized spacial score (nSPS) is 15.5. The number of methoxy groups -OCH3 is 2. The van der Waals surface area contributed by atoms with Crippen LogP contribution in [-0.4, -0.2) is 36.5 Å². The smallest absolute Gasteiger partial charge is 0.267 e. The van der Waals surface area contributed by atoms with Gasteiger partial charge in [-0.3, -0.25) is 4.79 Å². The first-order valence-electron chi connectivity index (χ1n) is 9.38. The summed E-state index contributed by atoms with van der Waals surface area (Å²) in [4.78, 5) is 14.2. The number of hydrogen-bond donors (Lipinski definition) is 1. The van der Waals surface area contributed by atoms with Crippen LogP contribution in [0.3, 0.4) is 0 Å². The Balaban J connectivity index is 1.51. The lowest BCUT2D eigenvalue weighted by Crippen LogP contribution is -2.29. The van der Waals surface area contributed by atoms with Crippen molar-refractivity contribution in [2.45, 2.75) is 30.0 Å². The molecule has 0 saturated carbocycles. The number of thioether (sulfide) groups is 1. The number of nitrogens with zero attached hydrogens (tertiary/aromatic N) is 1. The number of ether oxygens (including phenoxy) is 2. The van der Waals surface area contributed by atoms with Crippen LogP contribution < -0.4 is 14.8 Å². The summed E-state index contributed by atoms with van der Waals surface area (Å²) in [5.41, 5.74) is 2.91. The van der Waals surface area contributed by atoms with E-state index in [-0.39, 0.29) is 5.91 Å². The highest BCUT2D eigenvalue weighted by Gasteiger charge is 2.23. The highest BCUT2D eigenvalue weighted by molar-refractivity contribution is 8.00. The lowest BCUT2D eigenvalue weighted by Gasteiger charge is -2.22. The molecule has 1 amide bonds. The number of rotatable bonds is 6. The van der Waals surface area contributed by atoms with E-state index in [1.807, 2.05) is 36.0 Å². The Bertz CT molecular complexity index is 1030. The minimum atomic E-state index is -0.0388. The number of amides is 1. The zero-order chi connectivity index (χ0) is 19.7. The number of aromatic nitrogens is 1. The largest absolute Gasteiger partial charge is 0.497 e. The highest BCUT2D eigenvalue weighted by Crippen LogP contribution is 2.38. The molecule has 1 aliphatic rings. The molecule has 1 aromatic heterocycles. The number of carbonyl (C=O) groups is 1. The second kappa shape index (κ2) is 7.80. The van der Waals surface area contributed by atoms with Crippen molar-refractivity contribution in [3.05, 3.63) is 53.7 Å². The maximum Gasteiger partial charge on any atom is 0.267 e. The average molecular weight is 397 g/mol. The van der Waals surface area contributed by atoms with Gasteiger partial charge in [-0.2, -0.15) is 0 Å². The second-order valence-electron chi connectivity index (χ2n) is 6.95. The molecule has 6 heteroatoms. The van der Waals surface area contributed by atoms with E-state index in [1.165, 1.54) is 10.4 Å². The Morgan fingerprint density at radius 3 is 2.86 bits per heavy atom. The molecule has 2 aromatic carbocycles. The number of carbonyl (C=O) groups excluding carboxylic acids is 1. The van der Waals surface area contributed by atoms with Gasteiger partial charge in [0.05, 0.1) is 19.7 Å². The summed E-state index contributed by atoms with van der Waals surface area (Å²) in [6.45, 7) is 3.57. The Morgan fingerprint density at radius 2 is 2.07 bits per heavy atom. The van der Waals surface area contributed by atoms with Crippen LogP contribution in [0.1, 0.15) is 23.0 Å². The standard InChI is InChI=1S/C22H24N2O3S/c1-14-13-24-18(12-16-5-4-6-20(28-14)21(16)24)22(25)23-10-9-15-11-17(26-2)7-8-19(15)27-3/h4-8,11-12,14H,9-10,13H2,1-3H3,(H,23,25)/t14-/m1/s1. The fraction of sp³-hybridized carbons (Fsp3) is 0.318. The van der Waals surface area contributed by atoms with Gasteiger partial charge in [-0.1, -0.05) is 19.1 Å². The van der Waals surface area contributed by atoms with Gasteiger partial charge < -0.3 is 19.4 Å². The van der Waals surface area contributed by atoms with E-state index in [4.69, 9.17) is 9.47 Å². The summed E-state index contributed by atoms with van der Waals surface area (Å²) in [7, 11) is 3.29. The summed E-state index contributed by atoms with van der Waals surface area (Å²) < 4.78 is 12.9. The minimum Gasteiger partial charge on any atom is -0.497 e. The Hall–Kier alpha value is -2.60. The Morgan fingerprint density at radius 1 is 1.21 bits per heavy atom. The van der Waals surface area contributed by atoms with E-state index in [0.29, 0.717) is 18.2 Å². The third-order valence-electron chi connectivity index (χ3n) is 5.05. The molecular formula is C22H24N2O3S. The van der Waals surface area contributed by atoms with Crippen molar-refractivity contribution in [3.8, 4) is 11.5 Å². The molecule has 0 aliphatic carbocycles. The van der Waals surface area contributed by atoms with Crippen molar-refractivity contribution in [2.75, 3.05) is 20.8 Å². The van der Waals surface area contributed by atoms with E-state index < -0.39 is 0 Å². The van der Waals surface area contributed by atoms with Gasteiger partial charge in [-0.05, 0) is 42.3 Å². The van der Waals surface area contributed by atoms with Crippen LogP contribution in [-0.2, 0) is 13.0 Å². The number of nitrogens with one attached hydrogen (secondary N) is 1. The van der Waals surface area contributed by atoms with Crippen LogP contribution >= 0.6 is 11.8 Å². The van der Waals surface area contributed by atoms with Crippen LogP contribution in [0.15, 0.2) is 47.4 Å². The van der Waals surface area contributed by atoms with Crippen molar-refractivity contribution < 1.29 is 14.3 Å². The fourth-order valence-electron chi connectivity index (χ4n) is 3.75. The molecule has 0 unspecified atom stereocenters. The minimum absolute atomic E-state index is 0.0388. The van der Waals surface area contributed by atoms with Gasteiger partial charge in [-0.25, -0.2) is 0 Å². The van der Waals surface area contributed by atoms with Crippen LogP contribution in [0.25, 0.3) is 10.9 Å². The molecule has 5 nitrogen and oxygen atoms in total. The topological polar surface area (TPSA) is 52.5 Å². The number of benzene rings is 2. The molecule has 3 aromatic rings. The van der Waals surface area contributed by atoms with Crippen LogP contribution in [0.4, 0.5) is 0 Å². The highest BCUT2D eigenvalue weighted by atomic mass is 32.2. The van der Waals surface area contributed by atoms with E-state index in [2.05, 4.69) is 35.0 Å². The molecule has 146 valence electrons. The van der Waals surface area contributed by atoms with Crippen molar-refractivity contribution in [3.63, 3.8) is 0 Å². The Kier molecular flexibility index (Phi) is 5.22. The maximum absolute atomic E-state index is 12.9. The quantitative estimate of drug-likeness (QED) is 0.681. The molecular weight excluding hydrogens is 372 g/mol. The molecule has 0 fully saturated rings. The summed E-state index contributed by atoms with van der Waals surface area (Å²) in [6, 6.07) is 14.0. The zero-order valence-corrected chi connectivity index (χ0v) is 17.1. The van der Waals surface area contributed by atoms with Gasteiger partial charge in [0.2, 0.25) is 0 Å². The zero-order valence-electron chi connectivity index (χ0n) is 16.3. The van der Waals surface area contributed by atoms with E-state index in [9.17, 15) is 4.79 Å². The molecule has 0 spiro atoms. The van der Waals surface area contributed by atoms with Gasteiger partial charge in [0.25, 0.3) is 5.91 Å². The van der Waals surface area contributed by atoms with E-state index in [1.54, 1.807) is 14.2 Å². The monoisotopic (exact) mass is 396 g/mol. The summed E-state index contributed by atoms with van der Waals surface area (Å²) in [5, 5.41) is 4.63. The SMILES string of the molecule is COc1ccc(OC)c(CCNC(=O)c2cc3cccc4c3n2C[C@@H](C)S4)c1. The molecule has 1 aliphatic heterocycles. The molecule has 1 N–H and O–H groups in total. The van der Waals surface area contributed by atoms with Crippen LogP contribution in [0.5, 0.6) is 11.5 Å². The van der Waals surface area contributed by atoms with Crippen molar-refractivity contribution in [2.24, 2.45) is 0 Å². The predicted octanol–water partition coefficient (Wildman–Crippen LogP) is 4.13. The van der Waals surface area contributed by atoms with E-state index in [0.717, 1.165) is 34.7 Å². The van der Waals surface area contributed by atoms with Crippen LogP contribution in [0.2, 0.25) is 0 Å². The van der Waals surface area contributed by atoms with Crippen molar-refractivity contribution in [1.82, 2.24) is 9.88 Å². The molecule has 1 atom stereocenters. The van der Waals surface area contributed by atoms with E-state index >= 15 is 0 Å². The molecule has 0 radical (unpaired) electrons. The summed E-state index contributed by atoms with van der Waals surface area (Å²) in [5.74, 6) is 1.54. The first-order valence-corrected chi connectivity index (χ1v) is 10.3. The second-order valence-corrected chi connectivity index (χ2v) is 8.43.